The molecule has 4 rings (SSSR count). The molecule has 3 fully saturated rings. The standard InChI is InChI=1S/C54H85NO13/c1-33-17-13-12-14-18-34(2)46(63-9)31-42-22-20-39(7)54(62,68-42)51(59)52(60)55-24-16-15-19-43(55)53(61)67-47(37(5)29-41-21-23-45(66-26-25-56)48(30-41)64-10)32-44(57)36(4)28-38(6)49(58)50(65-11)40(8)35(3)27-33/h12-14,17-18,28,33,35-37,39,41-43,45-50,56,58,62H,8,15-16,19-27,29-32H2,1-7,9-11H3/b14-12+,17-13+,34-18+,38-28+/t33-,35-,36-,37-,39-,41+,42+,43+,45-,46+,47+,48-,49-,50+,54-/m1/s1. The lowest BCUT2D eigenvalue weighted by molar-refractivity contribution is -0.265. The maximum absolute atomic E-state index is 14.5. The predicted molar refractivity (Wildman–Crippen MR) is 260 cm³/mol. The Bertz CT molecular complexity index is 1810. The third-order valence-corrected chi connectivity index (χ3v) is 15.1. The number of carbonyl (C=O) groups excluding carboxylic acids is 4. The molecule has 384 valence electrons. The van der Waals surface area contributed by atoms with Crippen LogP contribution < -0.4 is 0 Å². The number of cyclic esters (lactones) is 1. The van der Waals surface area contributed by atoms with Crippen molar-refractivity contribution < 1.29 is 62.9 Å². The Morgan fingerprint density at radius 1 is 0.882 bits per heavy atom. The van der Waals surface area contributed by atoms with Gasteiger partial charge < -0.3 is 48.6 Å². The molecule has 14 heteroatoms. The zero-order valence-corrected chi connectivity index (χ0v) is 42.7. The highest BCUT2D eigenvalue weighted by atomic mass is 16.6. The van der Waals surface area contributed by atoms with Gasteiger partial charge in [-0.3, -0.25) is 14.4 Å². The summed E-state index contributed by atoms with van der Waals surface area (Å²) in [5, 5.41) is 33.0. The third kappa shape index (κ3) is 15.3. The molecule has 4 aliphatic rings. The number of piperidine rings is 1. The first-order chi connectivity index (χ1) is 32.3. The van der Waals surface area contributed by atoms with Crippen molar-refractivity contribution >= 4 is 23.4 Å². The Kier molecular flexibility index (Phi) is 23.0. The molecule has 1 saturated carbocycles. The number of esters is 1. The van der Waals surface area contributed by atoms with Crippen LogP contribution in [0.1, 0.15) is 126 Å². The number of fused-ring (bicyclic) bond motifs is 3. The second-order valence-electron chi connectivity index (χ2n) is 20.3. The Morgan fingerprint density at radius 2 is 1.62 bits per heavy atom. The molecular formula is C54H85NO13. The smallest absolute Gasteiger partial charge is 0.329 e. The molecule has 1 aliphatic carbocycles. The van der Waals surface area contributed by atoms with Crippen molar-refractivity contribution in [2.75, 3.05) is 41.1 Å². The largest absolute Gasteiger partial charge is 0.460 e. The van der Waals surface area contributed by atoms with Gasteiger partial charge in [0.15, 0.2) is 0 Å². The number of carbonyl (C=O) groups is 4. The molecule has 68 heavy (non-hydrogen) atoms. The molecular weight excluding hydrogens is 871 g/mol. The zero-order valence-electron chi connectivity index (χ0n) is 42.7. The van der Waals surface area contributed by atoms with Crippen LogP contribution in [0.3, 0.4) is 0 Å². The number of nitrogens with zero attached hydrogens (tertiary/aromatic N) is 1. The number of aliphatic hydroxyl groups is 3. The molecule has 0 unspecified atom stereocenters. The van der Waals surface area contributed by atoms with Gasteiger partial charge in [-0.15, -0.1) is 0 Å². The van der Waals surface area contributed by atoms with Gasteiger partial charge in [-0.2, -0.15) is 0 Å². The molecule has 15 atom stereocenters. The van der Waals surface area contributed by atoms with E-state index in [9.17, 15) is 34.5 Å². The van der Waals surface area contributed by atoms with E-state index in [1.54, 1.807) is 41.1 Å². The average molecular weight is 956 g/mol. The van der Waals surface area contributed by atoms with Crippen LogP contribution in [0.2, 0.25) is 0 Å². The summed E-state index contributed by atoms with van der Waals surface area (Å²) in [6.07, 6.45) is 13.8. The van der Waals surface area contributed by atoms with E-state index in [1.165, 1.54) is 12.0 Å². The summed E-state index contributed by atoms with van der Waals surface area (Å²) in [5.74, 6) is -6.81. The quantitative estimate of drug-likeness (QED) is 0.120. The maximum atomic E-state index is 14.5. The molecule has 2 bridgehead atoms. The number of rotatable bonds is 9. The average Bonchev–Trinajstić information content (AvgIpc) is 3.32. The van der Waals surface area contributed by atoms with Crippen LogP contribution in [0.15, 0.2) is 59.8 Å². The van der Waals surface area contributed by atoms with E-state index >= 15 is 0 Å². The van der Waals surface area contributed by atoms with Crippen LogP contribution in [0.25, 0.3) is 0 Å². The van der Waals surface area contributed by atoms with E-state index in [0.29, 0.717) is 50.5 Å². The summed E-state index contributed by atoms with van der Waals surface area (Å²) in [5.41, 5.74) is 2.20. The first kappa shape index (κ1) is 57.2. The SMILES string of the molecule is C=C1[C@H](C)C[C@H](C)/C=C/C=C/C=C(\C)[C@@H](OC)C[C@@H]2CC[C@@H](C)[C@@](O)(O2)C(=O)C(=O)N2CCCC[C@H]2C(=O)O[C@H]([C@H](C)C[C@@H]2CC[C@@H](OCCO)[C@H](OC)C2)CC(=O)[C@H](C)/C=C(\C)[C@@H](O)[C@H]1OC. The van der Waals surface area contributed by atoms with Crippen LogP contribution in [-0.2, 0) is 47.6 Å². The fourth-order valence-corrected chi connectivity index (χ4v) is 10.6. The molecule has 3 heterocycles. The molecule has 3 N–H and O–H groups in total. The van der Waals surface area contributed by atoms with Gasteiger partial charge in [0.05, 0.1) is 37.6 Å². The summed E-state index contributed by atoms with van der Waals surface area (Å²) in [7, 11) is 4.78. The lowest BCUT2D eigenvalue weighted by atomic mass is 9.78. The highest BCUT2D eigenvalue weighted by Gasteiger charge is 2.53. The lowest BCUT2D eigenvalue weighted by Gasteiger charge is -2.42. The minimum absolute atomic E-state index is 0.00160. The molecule has 0 aromatic carbocycles. The van der Waals surface area contributed by atoms with E-state index < -0.39 is 71.8 Å². The Morgan fingerprint density at radius 3 is 2.29 bits per heavy atom. The second-order valence-corrected chi connectivity index (χ2v) is 20.3. The summed E-state index contributed by atoms with van der Waals surface area (Å²) in [6.45, 7) is 17.9. The van der Waals surface area contributed by atoms with Gasteiger partial charge in [0, 0.05) is 52.6 Å². The summed E-state index contributed by atoms with van der Waals surface area (Å²) < 4.78 is 35.9. The van der Waals surface area contributed by atoms with Crippen LogP contribution in [0.5, 0.6) is 0 Å². The van der Waals surface area contributed by atoms with E-state index in [0.717, 1.165) is 30.4 Å². The third-order valence-electron chi connectivity index (χ3n) is 15.1. The van der Waals surface area contributed by atoms with Gasteiger partial charge in [0.25, 0.3) is 11.7 Å². The number of methoxy groups -OCH3 is 3. The normalized spacial score (nSPS) is 39.2. The van der Waals surface area contributed by atoms with Crippen LogP contribution in [0, 0.1) is 35.5 Å². The van der Waals surface area contributed by atoms with Gasteiger partial charge >= 0.3 is 5.97 Å². The van der Waals surface area contributed by atoms with E-state index in [2.05, 4.69) is 26.5 Å². The van der Waals surface area contributed by atoms with Crippen molar-refractivity contribution in [2.45, 2.75) is 180 Å². The van der Waals surface area contributed by atoms with Gasteiger partial charge in [-0.1, -0.05) is 77.7 Å². The zero-order chi connectivity index (χ0) is 50.3. The number of ketones is 2. The molecule has 1 amide bonds. The van der Waals surface area contributed by atoms with E-state index in [-0.39, 0.29) is 74.3 Å². The fraction of sp³-hybridized carbons (Fsp3) is 0.741. The van der Waals surface area contributed by atoms with Gasteiger partial charge in [0.1, 0.15) is 30.1 Å². The van der Waals surface area contributed by atoms with Crippen LogP contribution in [0.4, 0.5) is 0 Å². The minimum Gasteiger partial charge on any atom is -0.460 e. The first-order valence-corrected chi connectivity index (χ1v) is 25.2. The van der Waals surface area contributed by atoms with Gasteiger partial charge in [-0.05, 0) is 118 Å². The molecule has 14 nitrogen and oxygen atoms in total. The summed E-state index contributed by atoms with van der Waals surface area (Å²) in [4.78, 5) is 58.5. The number of hydrogen-bond acceptors (Lipinski definition) is 13. The van der Waals surface area contributed by atoms with Crippen molar-refractivity contribution in [1.29, 1.82) is 0 Å². The number of ether oxygens (including phenoxy) is 6. The second kappa shape index (κ2) is 27.3. The van der Waals surface area contributed by atoms with Gasteiger partial charge in [-0.25, -0.2) is 4.79 Å². The van der Waals surface area contributed by atoms with Crippen molar-refractivity contribution in [2.24, 2.45) is 35.5 Å². The number of allylic oxidation sites excluding steroid dienone is 6. The van der Waals surface area contributed by atoms with Crippen molar-refractivity contribution in [1.82, 2.24) is 4.90 Å². The Labute approximate surface area is 406 Å². The number of amides is 1. The number of aliphatic hydroxyl groups excluding tert-OH is 2. The fourth-order valence-electron chi connectivity index (χ4n) is 10.6. The van der Waals surface area contributed by atoms with E-state index in [4.69, 9.17) is 28.4 Å². The first-order valence-electron chi connectivity index (χ1n) is 25.2. The predicted octanol–water partition coefficient (Wildman–Crippen LogP) is 7.18. The highest BCUT2D eigenvalue weighted by molar-refractivity contribution is 6.39. The summed E-state index contributed by atoms with van der Waals surface area (Å²) >= 11 is 0. The minimum atomic E-state index is -2.42. The van der Waals surface area contributed by atoms with Crippen molar-refractivity contribution in [3.8, 4) is 0 Å². The highest BCUT2D eigenvalue weighted by Crippen LogP contribution is 2.38. The van der Waals surface area contributed by atoms with E-state index in [1.807, 2.05) is 38.2 Å². The molecule has 0 radical (unpaired) electrons. The molecule has 0 spiro atoms. The Hall–Kier alpha value is -3.34. The molecule has 0 aromatic heterocycles. The molecule has 2 saturated heterocycles. The van der Waals surface area contributed by atoms with Crippen LogP contribution in [-0.4, -0.2) is 139 Å². The summed E-state index contributed by atoms with van der Waals surface area (Å²) in [6, 6.07) is -1.12. The van der Waals surface area contributed by atoms with Crippen molar-refractivity contribution in [3.63, 3.8) is 0 Å². The number of hydrogen-bond donors (Lipinski definition) is 3. The monoisotopic (exact) mass is 956 g/mol. The maximum Gasteiger partial charge on any atom is 0.329 e. The lowest BCUT2D eigenvalue weighted by Crippen LogP contribution is -2.61. The number of Topliss-reactive ketones (excluding diaryl/α,β-unsaturated/α-hetero) is 2. The Balaban J connectivity index is 1.70. The van der Waals surface area contributed by atoms with Crippen LogP contribution >= 0.6 is 0 Å². The molecule has 0 aromatic rings. The topological polar surface area (TPSA) is 188 Å². The van der Waals surface area contributed by atoms with Gasteiger partial charge in [0.2, 0.25) is 5.79 Å². The van der Waals surface area contributed by atoms with Crippen molar-refractivity contribution in [3.05, 3.63) is 59.8 Å². The molecule has 3 aliphatic heterocycles.